The van der Waals surface area contributed by atoms with Gasteiger partial charge in [0.15, 0.2) is 0 Å². The minimum Gasteiger partial charge on any atom is -0.480 e. The van der Waals surface area contributed by atoms with Gasteiger partial charge in [-0.15, -0.1) is 0 Å². The average molecular weight is 236 g/mol. The third-order valence-electron chi connectivity index (χ3n) is 2.86. The van der Waals surface area contributed by atoms with E-state index in [4.69, 9.17) is 5.11 Å². The molecule has 0 fully saturated rings. The van der Waals surface area contributed by atoms with Gasteiger partial charge < -0.3 is 5.11 Å². The van der Waals surface area contributed by atoms with Crippen LogP contribution in [0.4, 0.5) is 0 Å². The Balaban J connectivity index is 2.74. The molecular weight excluding hydrogens is 216 g/mol. The molecule has 17 heavy (non-hydrogen) atoms. The zero-order chi connectivity index (χ0) is 12.8. The van der Waals surface area contributed by atoms with Gasteiger partial charge in [0.05, 0.1) is 12.2 Å². The fraction of sp³-hybridized carbons (Fsp3) is 0.538. The zero-order valence-corrected chi connectivity index (χ0v) is 10.7. The van der Waals surface area contributed by atoms with Crippen molar-refractivity contribution in [3.05, 3.63) is 29.6 Å². The summed E-state index contributed by atoms with van der Waals surface area (Å²) in [5.74, 6) is -0.794. The third-order valence-corrected chi connectivity index (χ3v) is 2.86. The molecule has 4 heteroatoms. The Morgan fingerprint density at radius 1 is 1.53 bits per heavy atom. The molecule has 0 aliphatic heterocycles. The first-order valence-corrected chi connectivity index (χ1v) is 5.91. The Bertz CT molecular complexity index is 379. The predicted molar refractivity (Wildman–Crippen MR) is 66.8 cm³/mol. The Kier molecular flexibility index (Phi) is 5.10. The van der Waals surface area contributed by atoms with Gasteiger partial charge in [0.2, 0.25) is 0 Å². The maximum atomic E-state index is 10.8. The highest BCUT2D eigenvalue weighted by Crippen LogP contribution is 2.09. The van der Waals surface area contributed by atoms with Gasteiger partial charge in [0.25, 0.3) is 0 Å². The lowest BCUT2D eigenvalue weighted by Crippen LogP contribution is -2.36. The van der Waals surface area contributed by atoms with Crippen molar-refractivity contribution in [2.75, 3.05) is 6.54 Å². The van der Waals surface area contributed by atoms with Crippen LogP contribution in [0.3, 0.4) is 0 Å². The van der Waals surface area contributed by atoms with Crippen LogP contribution >= 0.6 is 0 Å². The minimum atomic E-state index is -0.794. The van der Waals surface area contributed by atoms with Crippen LogP contribution in [0.2, 0.25) is 0 Å². The average Bonchev–Trinajstić information content (AvgIpc) is 2.26. The Morgan fingerprint density at radius 3 is 2.76 bits per heavy atom. The molecule has 0 amide bonds. The number of aliphatic carboxylic acids is 1. The van der Waals surface area contributed by atoms with E-state index >= 15 is 0 Å². The van der Waals surface area contributed by atoms with E-state index < -0.39 is 5.97 Å². The fourth-order valence-corrected chi connectivity index (χ4v) is 1.70. The summed E-state index contributed by atoms with van der Waals surface area (Å²) in [7, 11) is 0. The number of nitrogens with zero attached hydrogens (tertiary/aromatic N) is 2. The maximum Gasteiger partial charge on any atom is 0.317 e. The number of hydrogen-bond donors (Lipinski definition) is 1. The molecule has 0 saturated heterocycles. The van der Waals surface area contributed by atoms with Gasteiger partial charge in [-0.05, 0) is 32.4 Å². The summed E-state index contributed by atoms with van der Waals surface area (Å²) in [6.45, 7) is 6.68. The number of aryl methyl sites for hydroxylation is 1. The normalized spacial score (nSPS) is 12.7. The second kappa shape index (κ2) is 6.35. The molecule has 0 bridgehead atoms. The lowest BCUT2D eigenvalue weighted by molar-refractivity contribution is -0.139. The smallest absolute Gasteiger partial charge is 0.317 e. The first kappa shape index (κ1) is 13.6. The molecule has 0 aromatic carbocycles. The first-order chi connectivity index (χ1) is 8.02. The van der Waals surface area contributed by atoms with Gasteiger partial charge in [-0.3, -0.25) is 14.7 Å². The summed E-state index contributed by atoms with van der Waals surface area (Å²) in [6, 6.07) is 6.07. The maximum absolute atomic E-state index is 10.8. The SMILES string of the molecule is CCC(C)N(CC(=O)O)Cc1cccc(C)n1. The van der Waals surface area contributed by atoms with Crippen LogP contribution in [0.15, 0.2) is 18.2 Å². The van der Waals surface area contributed by atoms with Crippen LogP contribution in [0.1, 0.15) is 31.7 Å². The van der Waals surface area contributed by atoms with Gasteiger partial charge in [0, 0.05) is 18.3 Å². The number of carboxylic acids is 1. The highest BCUT2D eigenvalue weighted by atomic mass is 16.4. The van der Waals surface area contributed by atoms with Gasteiger partial charge in [-0.1, -0.05) is 13.0 Å². The van der Waals surface area contributed by atoms with E-state index in [2.05, 4.69) is 11.9 Å². The molecule has 1 atom stereocenters. The van der Waals surface area contributed by atoms with E-state index in [0.29, 0.717) is 6.54 Å². The molecule has 1 unspecified atom stereocenters. The molecule has 4 nitrogen and oxygen atoms in total. The molecule has 0 aliphatic rings. The molecule has 1 rings (SSSR count). The van der Waals surface area contributed by atoms with Gasteiger partial charge >= 0.3 is 5.97 Å². The minimum absolute atomic E-state index is 0.0601. The van der Waals surface area contributed by atoms with Crippen molar-refractivity contribution in [1.82, 2.24) is 9.88 Å². The quantitative estimate of drug-likeness (QED) is 0.821. The standard InChI is InChI=1S/C13H20N2O2/c1-4-11(3)15(9-13(16)17)8-12-7-5-6-10(2)14-12/h5-7,11H,4,8-9H2,1-3H3,(H,16,17). The molecule has 94 valence electrons. The Hall–Kier alpha value is -1.42. The van der Waals surface area contributed by atoms with Crippen LogP contribution in [-0.2, 0) is 11.3 Å². The Labute approximate surface area is 102 Å². The summed E-state index contributed by atoms with van der Waals surface area (Å²) in [5, 5.41) is 8.90. The molecule has 0 saturated carbocycles. The lowest BCUT2D eigenvalue weighted by atomic mass is 10.2. The van der Waals surface area contributed by atoms with Crippen molar-refractivity contribution in [2.45, 2.75) is 39.8 Å². The van der Waals surface area contributed by atoms with Gasteiger partial charge in [-0.2, -0.15) is 0 Å². The number of rotatable bonds is 6. The summed E-state index contributed by atoms with van der Waals surface area (Å²) >= 11 is 0. The van der Waals surface area contributed by atoms with Crippen LogP contribution in [0.5, 0.6) is 0 Å². The molecule has 1 N–H and O–H groups in total. The van der Waals surface area contributed by atoms with Gasteiger partial charge in [0.1, 0.15) is 0 Å². The molecule has 0 aliphatic carbocycles. The number of aromatic nitrogens is 1. The second-order valence-corrected chi connectivity index (χ2v) is 4.33. The van der Waals surface area contributed by atoms with Crippen LogP contribution < -0.4 is 0 Å². The number of pyridine rings is 1. The van der Waals surface area contributed by atoms with E-state index in [0.717, 1.165) is 17.8 Å². The molecular formula is C13H20N2O2. The molecule has 0 radical (unpaired) electrons. The van der Waals surface area contributed by atoms with Crippen LogP contribution in [0.25, 0.3) is 0 Å². The van der Waals surface area contributed by atoms with Crippen LogP contribution in [0, 0.1) is 6.92 Å². The predicted octanol–water partition coefficient (Wildman–Crippen LogP) is 2.08. The zero-order valence-electron chi connectivity index (χ0n) is 10.7. The van der Waals surface area contributed by atoms with E-state index in [9.17, 15) is 4.79 Å². The molecule has 1 heterocycles. The van der Waals surface area contributed by atoms with Crippen molar-refractivity contribution < 1.29 is 9.90 Å². The van der Waals surface area contributed by atoms with Crippen molar-refractivity contribution in [3.8, 4) is 0 Å². The topological polar surface area (TPSA) is 53.4 Å². The fourth-order valence-electron chi connectivity index (χ4n) is 1.70. The molecule has 1 aromatic rings. The highest BCUT2D eigenvalue weighted by Gasteiger charge is 2.16. The second-order valence-electron chi connectivity index (χ2n) is 4.33. The van der Waals surface area contributed by atoms with E-state index in [1.807, 2.05) is 36.9 Å². The molecule has 0 spiro atoms. The number of hydrogen-bond acceptors (Lipinski definition) is 3. The summed E-state index contributed by atoms with van der Waals surface area (Å²) in [5.41, 5.74) is 1.88. The molecule has 1 aromatic heterocycles. The van der Waals surface area contributed by atoms with Crippen molar-refractivity contribution in [3.63, 3.8) is 0 Å². The van der Waals surface area contributed by atoms with Crippen LogP contribution in [-0.4, -0.2) is 33.5 Å². The Morgan fingerprint density at radius 2 is 2.24 bits per heavy atom. The first-order valence-electron chi connectivity index (χ1n) is 5.91. The summed E-state index contributed by atoms with van der Waals surface area (Å²) in [6.07, 6.45) is 0.930. The number of carboxylic acid groups (broad SMARTS) is 1. The summed E-state index contributed by atoms with van der Waals surface area (Å²) in [4.78, 5) is 17.2. The van der Waals surface area contributed by atoms with Crippen molar-refractivity contribution in [1.29, 1.82) is 0 Å². The number of carbonyl (C=O) groups is 1. The van der Waals surface area contributed by atoms with E-state index in [1.165, 1.54) is 0 Å². The van der Waals surface area contributed by atoms with Gasteiger partial charge in [-0.25, -0.2) is 0 Å². The highest BCUT2D eigenvalue weighted by molar-refractivity contribution is 5.69. The van der Waals surface area contributed by atoms with Crippen molar-refractivity contribution in [2.24, 2.45) is 0 Å². The monoisotopic (exact) mass is 236 g/mol. The summed E-state index contributed by atoms with van der Waals surface area (Å²) < 4.78 is 0. The third kappa shape index (κ3) is 4.53. The lowest BCUT2D eigenvalue weighted by Gasteiger charge is -2.26. The van der Waals surface area contributed by atoms with E-state index in [1.54, 1.807) is 0 Å². The largest absolute Gasteiger partial charge is 0.480 e. The van der Waals surface area contributed by atoms with E-state index in [-0.39, 0.29) is 12.6 Å². The van der Waals surface area contributed by atoms with Crippen molar-refractivity contribution >= 4 is 5.97 Å².